The Kier molecular flexibility index (Phi) is 13.0. The van der Waals surface area contributed by atoms with Gasteiger partial charge in [0, 0.05) is 24.4 Å². The number of amides is 1. The van der Waals surface area contributed by atoms with Crippen LogP contribution in [0, 0.1) is 6.42 Å². The molecule has 2 atom stereocenters. The van der Waals surface area contributed by atoms with E-state index in [0.717, 1.165) is 40.4 Å². The minimum absolute atomic E-state index is 0. The van der Waals surface area contributed by atoms with E-state index in [2.05, 4.69) is 87.5 Å². The van der Waals surface area contributed by atoms with Gasteiger partial charge in [0.15, 0.2) is 0 Å². The Labute approximate surface area is 318 Å². The molecule has 268 valence electrons. The van der Waals surface area contributed by atoms with E-state index in [1.807, 2.05) is 91.3 Å². The van der Waals surface area contributed by atoms with Gasteiger partial charge in [-0.05, 0) is 69.8 Å². The van der Waals surface area contributed by atoms with Crippen LogP contribution in [-0.2, 0) is 41.5 Å². The van der Waals surface area contributed by atoms with Gasteiger partial charge in [-0.3, -0.25) is 9.97 Å². The number of aromatic nitrogens is 2. The zero-order valence-corrected chi connectivity index (χ0v) is 32.5. The molecule has 51 heavy (non-hydrogen) atoms. The minimum Gasteiger partial charge on any atom is -0.628 e. The first-order valence-corrected chi connectivity index (χ1v) is 17.2. The number of hydrogen-bond donors (Lipinski definition) is 0. The van der Waals surface area contributed by atoms with Gasteiger partial charge in [0.05, 0.1) is 25.6 Å². The van der Waals surface area contributed by atoms with Gasteiger partial charge in [0.1, 0.15) is 11.5 Å². The third kappa shape index (κ3) is 9.73. The molecular formula is C44H49N3O3Pd. The molecule has 0 bridgehead atoms. The zero-order chi connectivity index (χ0) is 35.9. The fraction of sp³-hybridized carbons (Fsp3) is 0.318. The number of pyridine rings is 2. The second-order valence-electron chi connectivity index (χ2n) is 14.9. The number of rotatable bonds is 7. The Morgan fingerprint density at radius 1 is 0.725 bits per heavy atom. The number of ether oxygens (including phenoxy) is 2. The summed E-state index contributed by atoms with van der Waals surface area (Å²) in [6, 6.07) is 33.8. The normalized spacial score (nSPS) is 17.0. The SMILES string of the molecule is CC(C)(C)c1ccnc(-c2cc(C(C)(C)C)ccn2)c1.COc1cc(OC)cc([C@@H]2C[CH-][C@@](C(=O)[N-]c3ccccc3)(c3ccccc3)C2)c1.[Pd+2]. The van der Waals surface area contributed by atoms with E-state index in [9.17, 15) is 4.79 Å². The van der Waals surface area contributed by atoms with Crippen LogP contribution in [0.25, 0.3) is 16.7 Å². The zero-order valence-electron chi connectivity index (χ0n) is 30.9. The van der Waals surface area contributed by atoms with Crippen LogP contribution in [0.15, 0.2) is 116 Å². The molecule has 2 aromatic heterocycles. The molecule has 1 saturated carbocycles. The summed E-state index contributed by atoms with van der Waals surface area (Å²) in [5.74, 6) is 1.55. The van der Waals surface area contributed by atoms with Crippen molar-refractivity contribution in [3.05, 3.63) is 150 Å². The molecule has 1 aliphatic carbocycles. The van der Waals surface area contributed by atoms with Crippen molar-refractivity contribution in [3.8, 4) is 22.9 Å². The summed E-state index contributed by atoms with van der Waals surface area (Å²) in [5.41, 5.74) is 6.72. The largest absolute Gasteiger partial charge is 2.00 e. The molecule has 2 heterocycles. The molecule has 6 rings (SSSR count). The van der Waals surface area contributed by atoms with Crippen LogP contribution >= 0.6 is 0 Å². The van der Waals surface area contributed by atoms with Crippen LogP contribution in [0.2, 0.25) is 0 Å². The van der Waals surface area contributed by atoms with Crippen molar-refractivity contribution in [2.24, 2.45) is 0 Å². The number of benzene rings is 3. The van der Waals surface area contributed by atoms with Gasteiger partial charge in [0.25, 0.3) is 0 Å². The Morgan fingerprint density at radius 3 is 1.69 bits per heavy atom. The predicted octanol–water partition coefficient (Wildman–Crippen LogP) is 10.7. The predicted molar refractivity (Wildman–Crippen MR) is 203 cm³/mol. The van der Waals surface area contributed by atoms with Crippen molar-refractivity contribution in [3.63, 3.8) is 0 Å². The van der Waals surface area contributed by atoms with Crippen LogP contribution in [0.3, 0.4) is 0 Å². The average Bonchev–Trinajstić information content (AvgIpc) is 3.59. The topological polar surface area (TPSA) is 75.4 Å². The van der Waals surface area contributed by atoms with E-state index in [1.54, 1.807) is 14.2 Å². The monoisotopic (exact) mass is 773 g/mol. The molecule has 0 N–H and O–H groups in total. The maximum absolute atomic E-state index is 13.5. The fourth-order valence-corrected chi connectivity index (χ4v) is 6.28. The molecule has 3 aromatic carbocycles. The number of para-hydroxylation sites is 1. The Hall–Kier alpha value is -4.31. The number of carbonyl (C=O) groups excluding carboxylic acids is 1. The van der Waals surface area contributed by atoms with Crippen molar-refractivity contribution in [2.75, 3.05) is 14.2 Å². The molecule has 1 fully saturated rings. The summed E-state index contributed by atoms with van der Waals surface area (Å²) in [6.07, 6.45) is 7.32. The summed E-state index contributed by atoms with van der Waals surface area (Å²) >= 11 is 0. The third-order valence-electron chi connectivity index (χ3n) is 9.34. The Morgan fingerprint density at radius 2 is 1.22 bits per heavy atom. The first-order chi connectivity index (χ1) is 23.8. The third-order valence-corrected chi connectivity index (χ3v) is 9.34. The standard InChI is InChI=1S/C26H26NO3.C18H24N2.Pd/c1-29-23-15-20(16-24(17-23)30-2)19-13-14-26(18-19,21-9-5-3-6-10-21)25(28)27-22-11-7-4-8-12-22;1-17(2,3)13-7-9-19-15(11-13)16-12-14(8-10-20-16)18(4,5)6;/h3-12,14-17,19H,13,18H2,1-2H3,(H,27,28);7-12H,1-6H3;/q-1;;+2/p-1/t19-,26+;;/m1../s1. The number of hydrogen-bond acceptors (Lipinski definition) is 5. The second kappa shape index (κ2) is 16.8. The van der Waals surface area contributed by atoms with E-state index in [0.29, 0.717) is 12.1 Å². The van der Waals surface area contributed by atoms with E-state index in [4.69, 9.17) is 9.47 Å². The van der Waals surface area contributed by atoms with Crippen molar-refractivity contribution < 1.29 is 34.7 Å². The van der Waals surface area contributed by atoms with Gasteiger partial charge in [-0.15, -0.1) is 5.69 Å². The maximum atomic E-state index is 13.5. The molecule has 1 aliphatic rings. The van der Waals surface area contributed by atoms with Gasteiger partial charge in [0.2, 0.25) is 0 Å². The van der Waals surface area contributed by atoms with Crippen molar-refractivity contribution in [1.82, 2.24) is 9.97 Å². The van der Waals surface area contributed by atoms with Gasteiger partial charge >= 0.3 is 20.4 Å². The van der Waals surface area contributed by atoms with Crippen LogP contribution < -0.4 is 9.47 Å². The van der Waals surface area contributed by atoms with Crippen LogP contribution in [0.5, 0.6) is 11.5 Å². The first-order valence-electron chi connectivity index (χ1n) is 17.2. The molecule has 0 aliphatic heterocycles. The van der Waals surface area contributed by atoms with Crippen molar-refractivity contribution >= 4 is 11.6 Å². The fourth-order valence-electron chi connectivity index (χ4n) is 6.28. The molecule has 0 saturated heterocycles. The number of nitrogens with zero attached hydrogens (tertiary/aromatic N) is 3. The summed E-state index contributed by atoms with van der Waals surface area (Å²) in [6.45, 7) is 13.3. The Bertz CT molecular complexity index is 1810. The minimum atomic E-state index is -0.752. The quantitative estimate of drug-likeness (QED) is 0.122. The van der Waals surface area contributed by atoms with Crippen molar-refractivity contribution in [1.29, 1.82) is 0 Å². The van der Waals surface area contributed by atoms with E-state index in [1.165, 1.54) is 11.1 Å². The average molecular weight is 774 g/mol. The Balaban J connectivity index is 0.000000243. The molecule has 0 radical (unpaired) electrons. The van der Waals surface area contributed by atoms with Gasteiger partial charge < -0.3 is 26.0 Å². The van der Waals surface area contributed by atoms with E-state index in [-0.39, 0.29) is 43.1 Å². The van der Waals surface area contributed by atoms with Crippen LogP contribution in [-0.4, -0.2) is 30.1 Å². The summed E-state index contributed by atoms with van der Waals surface area (Å²) in [4.78, 5) is 22.5. The van der Waals surface area contributed by atoms with E-state index >= 15 is 0 Å². The molecule has 5 aromatic rings. The van der Waals surface area contributed by atoms with Crippen LogP contribution in [0.1, 0.15) is 82.6 Å². The van der Waals surface area contributed by atoms with Gasteiger partial charge in [-0.2, -0.15) is 6.42 Å². The van der Waals surface area contributed by atoms with Gasteiger partial charge in [-0.1, -0.05) is 120 Å². The number of methoxy groups -OCH3 is 2. The summed E-state index contributed by atoms with van der Waals surface area (Å²) < 4.78 is 10.9. The second-order valence-corrected chi connectivity index (χ2v) is 14.9. The summed E-state index contributed by atoms with van der Waals surface area (Å²) in [7, 11) is 3.30. The van der Waals surface area contributed by atoms with Gasteiger partial charge in [-0.25, -0.2) is 0 Å². The smallest absolute Gasteiger partial charge is 0.628 e. The number of carbonyl (C=O) groups is 1. The first kappa shape index (κ1) is 39.5. The molecule has 0 spiro atoms. The molecule has 7 heteroatoms. The molecule has 6 nitrogen and oxygen atoms in total. The summed E-state index contributed by atoms with van der Waals surface area (Å²) in [5, 5.41) is 4.47. The molecule has 0 unspecified atom stereocenters. The molecule has 1 amide bonds. The van der Waals surface area contributed by atoms with E-state index < -0.39 is 5.41 Å². The van der Waals surface area contributed by atoms with Crippen LogP contribution in [0.4, 0.5) is 5.69 Å². The molecular weight excluding hydrogens is 725 g/mol. The van der Waals surface area contributed by atoms with Crippen molar-refractivity contribution in [2.45, 2.75) is 76.5 Å². The maximum Gasteiger partial charge on any atom is 2.00 e.